The lowest BCUT2D eigenvalue weighted by Crippen LogP contribution is -2.46. The fourth-order valence-corrected chi connectivity index (χ4v) is 8.52. The van der Waals surface area contributed by atoms with Crippen molar-refractivity contribution in [2.24, 2.45) is 0 Å². The molecule has 2 aromatic carbocycles. The Bertz CT molecular complexity index is 2530. The number of likely N-dealkylation sites (tertiary alicyclic amines) is 2. The van der Waals surface area contributed by atoms with Gasteiger partial charge in [-0.15, -0.1) is 5.10 Å². The Kier molecular flexibility index (Phi) is 9.54. The van der Waals surface area contributed by atoms with Gasteiger partial charge >= 0.3 is 6.18 Å². The van der Waals surface area contributed by atoms with Crippen LogP contribution in [0, 0.1) is 18.6 Å². The summed E-state index contributed by atoms with van der Waals surface area (Å²) in [6, 6.07) is 4.56. The van der Waals surface area contributed by atoms with E-state index in [0.717, 1.165) is 48.3 Å². The van der Waals surface area contributed by atoms with E-state index in [0.29, 0.717) is 36.6 Å². The van der Waals surface area contributed by atoms with Crippen molar-refractivity contribution in [1.82, 2.24) is 38.9 Å². The number of halogens is 6. The summed E-state index contributed by atoms with van der Waals surface area (Å²) in [5.41, 5.74) is -1.76. The summed E-state index contributed by atoms with van der Waals surface area (Å²) in [4.78, 5) is 57.6. The van der Waals surface area contributed by atoms with Crippen molar-refractivity contribution in [2.75, 3.05) is 31.5 Å². The van der Waals surface area contributed by atoms with Gasteiger partial charge in [0, 0.05) is 41.9 Å². The first-order valence-electron chi connectivity index (χ1n) is 18.3. The van der Waals surface area contributed by atoms with E-state index in [1.54, 1.807) is 6.92 Å². The molecule has 3 aromatic heterocycles. The van der Waals surface area contributed by atoms with Crippen LogP contribution in [0.25, 0.3) is 17.2 Å². The Morgan fingerprint density at radius 2 is 1.79 bits per heavy atom. The zero-order valence-corrected chi connectivity index (χ0v) is 31.4. The van der Waals surface area contributed by atoms with E-state index in [9.17, 15) is 32.7 Å². The van der Waals surface area contributed by atoms with Gasteiger partial charge in [-0.2, -0.15) is 22.7 Å². The van der Waals surface area contributed by atoms with Crippen LogP contribution in [0.1, 0.15) is 77.1 Å². The number of hydrogen-bond donors (Lipinski definition) is 2. The van der Waals surface area contributed by atoms with Gasteiger partial charge in [0.2, 0.25) is 11.7 Å². The number of carbonyl (C=O) groups is 2. The highest BCUT2D eigenvalue weighted by Crippen LogP contribution is 2.50. The maximum atomic E-state index is 15.7. The van der Waals surface area contributed by atoms with E-state index >= 15 is 8.78 Å². The van der Waals surface area contributed by atoms with Crippen molar-refractivity contribution in [3.05, 3.63) is 97.4 Å². The quantitative estimate of drug-likeness (QED) is 0.193. The van der Waals surface area contributed by atoms with Gasteiger partial charge in [0.1, 0.15) is 24.5 Å². The van der Waals surface area contributed by atoms with Crippen LogP contribution in [0.2, 0.25) is 5.02 Å². The summed E-state index contributed by atoms with van der Waals surface area (Å²) in [5.74, 6) is -3.84. The van der Waals surface area contributed by atoms with E-state index in [4.69, 9.17) is 11.6 Å². The zero-order chi connectivity index (χ0) is 40.6. The molecule has 0 bridgehead atoms. The number of amides is 2. The van der Waals surface area contributed by atoms with Crippen molar-refractivity contribution >= 4 is 34.9 Å². The van der Waals surface area contributed by atoms with Crippen LogP contribution in [0.15, 0.2) is 41.5 Å². The number of aromatic nitrogens is 6. The summed E-state index contributed by atoms with van der Waals surface area (Å²) in [7, 11) is 0. The van der Waals surface area contributed by atoms with Crippen molar-refractivity contribution < 1.29 is 36.6 Å². The van der Waals surface area contributed by atoms with Crippen molar-refractivity contribution in [3.63, 3.8) is 0 Å². The number of alkyl halides is 3. The predicted octanol–water partition coefficient (Wildman–Crippen LogP) is 5.84. The van der Waals surface area contributed by atoms with Gasteiger partial charge in [0.25, 0.3) is 11.5 Å². The van der Waals surface area contributed by atoms with Crippen LogP contribution in [-0.2, 0) is 29.5 Å². The summed E-state index contributed by atoms with van der Waals surface area (Å²) >= 11 is 6.14. The summed E-state index contributed by atoms with van der Waals surface area (Å²) in [6.07, 6.45) is -1.44. The second-order valence-electron chi connectivity index (χ2n) is 14.9. The second-order valence-corrected chi connectivity index (χ2v) is 15.3. The number of aryl methyl sites for hydroxylation is 1. The second kappa shape index (κ2) is 14.2. The molecule has 0 saturated carbocycles. The van der Waals surface area contributed by atoms with E-state index < -0.39 is 52.7 Å². The number of carbonyl (C=O) groups excluding carboxylic acids is 2. The Morgan fingerprint density at radius 3 is 2.46 bits per heavy atom. The van der Waals surface area contributed by atoms with Crippen LogP contribution in [0.5, 0.6) is 5.75 Å². The number of anilines is 1. The van der Waals surface area contributed by atoms with E-state index in [1.165, 1.54) is 15.8 Å². The van der Waals surface area contributed by atoms with Crippen molar-refractivity contribution in [1.29, 1.82) is 0 Å². The van der Waals surface area contributed by atoms with Crippen LogP contribution < -0.4 is 10.9 Å². The molecule has 2 N–H and O–H groups in total. The molecule has 2 aliphatic heterocycles. The molecule has 1 aliphatic carbocycles. The Labute approximate surface area is 326 Å². The zero-order valence-electron chi connectivity index (χ0n) is 30.6. The lowest BCUT2D eigenvalue weighted by molar-refractivity contribution is -0.137. The number of benzene rings is 2. The fraction of sp³-hybridized carbons (Fsp3) is 0.395. The molecule has 1 spiro atoms. The highest BCUT2D eigenvalue weighted by Gasteiger charge is 2.49. The monoisotopic (exact) mass is 811 g/mol. The van der Waals surface area contributed by atoms with E-state index in [2.05, 4.69) is 25.4 Å². The first-order chi connectivity index (χ1) is 27.0. The lowest BCUT2D eigenvalue weighted by atomic mass is 9.73. The molecule has 57 heavy (non-hydrogen) atoms. The van der Waals surface area contributed by atoms with Gasteiger partial charge in [0.15, 0.2) is 17.3 Å². The minimum atomic E-state index is -4.66. The van der Waals surface area contributed by atoms with Crippen LogP contribution in [0.4, 0.5) is 27.6 Å². The molecular formula is C38H35ClF5N9O4. The SMILES string of the molecule is Cc1ncnc(C(=O)N2CCC3(CC2)CC(C)c2c3c(=O)n3nc(-c4cc(F)c(CN5CCC5)cc4F)nc3n2CC(=O)Nc2ccc(C(F)(F)F)cc2Cl)c1O. The predicted molar refractivity (Wildman–Crippen MR) is 196 cm³/mol. The number of aromatic hydroxyl groups is 1. The topological polar surface area (TPSA) is 151 Å². The largest absolute Gasteiger partial charge is 0.504 e. The Balaban J connectivity index is 1.19. The third-order valence-electron chi connectivity index (χ3n) is 11.3. The van der Waals surface area contributed by atoms with Crippen molar-refractivity contribution in [2.45, 2.75) is 70.1 Å². The number of fused-ring (bicyclic) bond motifs is 3. The summed E-state index contributed by atoms with van der Waals surface area (Å²) < 4.78 is 73.4. The molecule has 2 saturated heterocycles. The number of piperidine rings is 1. The molecule has 8 rings (SSSR count). The molecule has 1 atom stereocenters. The van der Waals surface area contributed by atoms with Gasteiger partial charge in [-0.25, -0.2) is 18.7 Å². The molecule has 3 aliphatic rings. The Hall–Kier alpha value is -5.49. The highest BCUT2D eigenvalue weighted by atomic mass is 35.5. The van der Waals surface area contributed by atoms with Gasteiger partial charge in [-0.3, -0.25) is 19.3 Å². The molecule has 0 radical (unpaired) electrons. The van der Waals surface area contributed by atoms with Crippen molar-refractivity contribution in [3.8, 4) is 17.1 Å². The molecule has 2 fully saturated rings. The average molecular weight is 812 g/mol. The first kappa shape index (κ1) is 38.4. The molecule has 19 heteroatoms. The summed E-state index contributed by atoms with van der Waals surface area (Å²) in [6.45, 7) is 5.04. The highest BCUT2D eigenvalue weighted by molar-refractivity contribution is 6.33. The van der Waals surface area contributed by atoms with Crippen LogP contribution >= 0.6 is 11.6 Å². The van der Waals surface area contributed by atoms with E-state index in [1.807, 2.05) is 11.8 Å². The van der Waals surface area contributed by atoms with Gasteiger partial charge in [-0.1, -0.05) is 18.5 Å². The third-order valence-corrected chi connectivity index (χ3v) is 11.6. The van der Waals surface area contributed by atoms with Gasteiger partial charge in [0.05, 0.1) is 27.5 Å². The number of nitrogens with one attached hydrogen (secondary N) is 1. The fourth-order valence-electron chi connectivity index (χ4n) is 8.29. The van der Waals surface area contributed by atoms with E-state index in [-0.39, 0.29) is 76.1 Å². The van der Waals surface area contributed by atoms with Crippen LogP contribution in [0.3, 0.4) is 0 Å². The number of rotatable bonds is 7. The molecule has 298 valence electrons. The van der Waals surface area contributed by atoms with Gasteiger partial charge < -0.3 is 19.9 Å². The minimum Gasteiger partial charge on any atom is -0.504 e. The lowest BCUT2D eigenvalue weighted by Gasteiger charge is -2.39. The van der Waals surface area contributed by atoms with Crippen LogP contribution in [-0.4, -0.2) is 82.0 Å². The van der Waals surface area contributed by atoms with Gasteiger partial charge in [-0.05, 0) is 81.9 Å². The smallest absolute Gasteiger partial charge is 0.416 e. The molecular weight excluding hydrogens is 777 g/mol. The molecule has 5 aromatic rings. The third kappa shape index (κ3) is 6.77. The molecule has 5 heterocycles. The number of hydrogen-bond acceptors (Lipinski definition) is 9. The average Bonchev–Trinajstić information content (AvgIpc) is 3.71. The first-order valence-corrected chi connectivity index (χ1v) is 18.6. The maximum Gasteiger partial charge on any atom is 0.416 e. The summed E-state index contributed by atoms with van der Waals surface area (Å²) in [5, 5.41) is 17.0. The minimum absolute atomic E-state index is 0.0899. The maximum absolute atomic E-state index is 15.7. The molecule has 2 amide bonds. The number of nitrogens with zero attached hydrogens (tertiary/aromatic N) is 8. The normalized spacial score (nSPS) is 17.9. The molecule has 13 nitrogen and oxygen atoms in total. The Morgan fingerprint density at radius 1 is 1.05 bits per heavy atom. The molecule has 1 unspecified atom stereocenters. The standard InChI is InChI=1S/C38H35ClF5N9O4/c1-19-15-37(6-10-51(11-7-37)35(57)30-32(55)20(2)45-18-46-30)29-31(19)52(17-28(54)47-27-5-4-22(13-24(27)39)38(42,43)44)36-48-33(49-53(36)34(29)56)23-14-25(40)21(12-26(23)41)16-50-8-3-9-50/h4-5,12-14,18-19,55H,3,6-11,15-17H2,1-2H3,(H,47,54).